The van der Waals surface area contributed by atoms with Crippen LogP contribution in [0.25, 0.3) is 6.08 Å². The summed E-state index contributed by atoms with van der Waals surface area (Å²) in [5, 5.41) is 4.15. The van der Waals surface area contributed by atoms with Crippen LogP contribution in [-0.4, -0.2) is 29.5 Å². The highest BCUT2D eigenvalue weighted by molar-refractivity contribution is 7.90. The number of hydrogen-bond acceptors (Lipinski definition) is 4. The fourth-order valence-electron chi connectivity index (χ4n) is 2.43. The van der Waals surface area contributed by atoms with Crippen LogP contribution in [0.15, 0.2) is 33.8 Å². The van der Waals surface area contributed by atoms with Gasteiger partial charge in [-0.2, -0.15) is 5.10 Å². The third-order valence-electron chi connectivity index (χ3n) is 3.57. The Kier molecular flexibility index (Phi) is 5.26. The number of carbonyl (C=O) groups excluding carboxylic acids is 1. The molecule has 0 bridgehead atoms. The van der Waals surface area contributed by atoms with Gasteiger partial charge in [0.05, 0.1) is 12.8 Å². The normalized spacial score (nSPS) is 20.2. The number of nitrogens with zero attached hydrogens (tertiary/aromatic N) is 1. The molecular weight excluding hydrogens is 300 g/mol. The van der Waals surface area contributed by atoms with E-state index in [0.717, 1.165) is 21.7 Å². The monoisotopic (exact) mass is 320 g/mol. The van der Waals surface area contributed by atoms with E-state index in [-0.39, 0.29) is 11.8 Å². The summed E-state index contributed by atoms with van der Waals surface area (Å²) in [6.07, 6.45) is 4.04. The quantitative estimate of drug-likeness (QED) is 0.865. The third-order valence-corrected chi connectivity index (χ3v) is 4.49. The Labute approximate surface area is 133 Å². The zero-order valence-electron chi connectivity index (χ0n) is 13.2. The van der Waals surface area contributed by atoms with Crippen molar-refractivity contribution in [2.75, 3.05) is 13.4 Å². The fraction of sp³-hybridized carbons (Fsp3) is 0.375. The predicted molar refractivity (Wildman–Crippen MR) is 88.3 cm³/mol. The summed E-state index contributed by atoms with van der Waals surface area (Å²) in [7, 11) is 1.59. The molecule has 2 atom stereocenters. The number of allylic oxidation sites excluding steroid dienone is 1. The van der Waals surface area contributed by atoms with Crippen LogP contribution in [0, 0.1) is 5.92 Å². The maximum absolute atomic E-state index is 11.5. The highest BCUT2D eigenvalue weighted by atomic mass is 32.2. The maximum atomic E-state index is 11.5. The van der Waals surface area contributed by atoms with Gasteiger partial charge in [0.1, 0.15) is 12.0 Å². The molecule has 1 heterocycles. The molecule has 0 spiro atoms. The first-order chi connectivity index (χ1) is 10.4. The summed E-state index contributed by atoms with van der Waals surface area (Å²) in [6, 6.07) is 5.49. The minimum Gasteiger partial charge on any atom is -0.612 e. The molecule has 22 heavy (non-hydrogen) atoms. The van der Waals surface area contributed by atoms with E-state index in [4.69, 9.17) is 4.74 Å². The SMILES string of the molecule is COc1cc([S+](C)[O-])ccc1C=C(C)C1=NNC(=O)CC1C. The van der Waals surface area contributed by atoms with Crippen molar-refractivity contribution in [3.05, 3.63) is 29.3 Å². The van der Waals surface area contributed by atoms with E-state index >= 15 is 0 Å². The van der Waals surface area contributed by atoms with Crippen LogP contribution < -0.4 is 10.2 Å². The molecule has 118 valence electrons. The molecule has 0 aromatic heterocycles. The Morgan fingerprint density at radius 3 is 2.86 bits per heavy atom. The van der Waals surface area contributed by atoms with Gasteiger partial charge in [-0.25, -0.2) is 5.43 Å². The Morgan fingerprint density at radius 1 is 1.55 bits per heavy atom. The van der Waals surface area contributed by atoms with Gasteiger partial charge in [-0.1, -0.05) is 6.92 Å². The number of nitrogens with one attached hydrogen (secondary N) is 1. The second-order valence-electron chi connectivity index (χ2n) is 5.32. The molecule has 2 unspecified atom stereocenters. The summed E-state index contributed by atoms with van der Waals surface area (Å²) in [4.78, 5) is 12.0. The number of hydrazone groups is 1. The Balaban J connectivity index is 2.34. The Bertz CT molecular complexity index is 638. The predicted octanol–water partition coefficient (Wildman–Crippen LogP) is 2.35. The van der Waals surface area contributed by atoms with E-state index in [2.05, 4.69) is 10.5 Å². The largest absolute Gasteiger partial charge is 0.612 e. The lowest BCUT2D eigenvalue weighted by Gasteiger charge is -2.19. The van der Waals surface area contributed by atoms with E-state index < -0.39 is 11.2 Å². The zero-order valence-corrected chi connectivity index (χ0v) is 14.0. The molecular formula is C16H20N2O3S. The third kappa shape index (κ3) is 3.69. The molecule has 1 N–H and O–H groups in total. The molecule has 1 amide bonds. The van der Waals surface area contributed by atoms with Gasteiger partial charge in [0.2, 0.25) is 5.91 Å². The highest BCUT2D eigenvalue weighted by Gasteiger charge is 2.21. The number of ether oxygens (including phenoxy) is 1. The molecule has 1 aliphatic heterocycles. The zero-order chi connectivity index (χ0) is 16.3. The molecule has 6 heteroatoms. The number of methoxy groups -OCH3 is 1. The summed E-state index contributed by atoms with van der Waals surface area (Å²) >= 11 is -1.05. The Morgan fingerprint density at radius 2 is 2.27 bits per heavy atom. The lowest BCUT2D eigenvalue weighted by Crippen LogP contribution is -2.31. The molecule has 1 aliphatic rings. The van der Waals surface area contributed by atoms with Crippen LogP contribution in [-0.2, 0) is 16.0 Å². The highest BCUT2D eigenvalue weighted by Crippen LogP contribution is 2.26. The van der Waals surface area contributed by atoms with E-state index in [1.54, 1.807) is 19.4 Å². The number of carbonyl (C=O) groups is 1. The van der Waals surface area contributed by atoms with Crippen molar-refractivity contribution in [3.8, 4) is 5.75 Å². The summed E-state index contributed by atoms with van der Waals surface area (Å²) in [5.74, 6) is 0.690. The maximum Gasteiger partial charge on any atom is 0.240 e. The molecule has 1 aromatic rings. The van der Waals surface area contributed by atoms with Crippen molar-refractivity contribution >= 4 is 28.9 Å². The van der Waals surface area contributed by atoms with Gasteiger partial charge in [-0.3, -0.25) is 4.79 Å². The molecule has 0 saturated carbocycles. The topological polar surface area (TPSA) is 73.8 Å². The van der Waals surface area contributed by atoms with Crippen molar-refractivity contribution in [3.63, 3.8) is 0 Å². The summed E-state index contributed by atoms with van der Waals surface area (Å²) in [5.41, 5.74) is 5.24. The molecule has 0 aliphatic carbocycles. The minimum absolute atomic E-state index is 0.0589. The van der Waals surface area contributed by atoms with Crippen LogP contribution in [0.1, 0.15) is 25.8 Å². The molecule has 5 nitrogen and oxygen atoms in total. The number of hydrogen-bond donors (Lipinski definition) is 1. The van der Waals surface area contributed by atoms with Gasteiger partial charge in [-0.15, -0.1) is 0 Å². The van der Waals surface area contributed by atoms with Gasteiger partial charge in [0, 0.05) is 24.0 Å². The van der Waals surface area contributed by atoms with Crippen LogP contribution >= 0.6 is 0 Å². The minimum atomic E-state index is -1.05. The van der Waals surface area contributed by atoms with Gasteiger partial charge >= 0.3 is 0 Å². The lowest BCUT2D eigenvalue weighted by molar-refractivity contribution is -0.121. The number of benzene rings is 1. The first-order valence-electron chi connectivity index (χ1n) is 6.99. The first kappa shape index (κ1) is 16.6. The van der Waals surface area contributed by atoms with E-state index in [0.29, 0.717) is 12.2 Å². The van der Waals surface area contributed by atoms with E-state index in [1.165, 1.54) is 0 Å². The first-order valence-corrected chi connectivity index (χ1v) is 8.54. The van der Waals surface area contributed by atoms with Gasteiger partial charge < -0.3 is 9.29 Å². The van der Waals surface area contributed by atoms with Gasteiger partial charge in [0.25, 0.3) is 0 Å². The molecule has 1 aromatic carbocycles. The number of amides is 1. The Hall–Kier alpha value is -1.79. The average molecular weight is 320 g/mol. The standard InChI is InChI=1S/C16H20N2O3S/c1-10(16-11(2)8-15(19)17-18-16)7-12-5-6-13(22(4)20)9-14(12)21-3/h5-7,9,11H,8H2,1-4H3,(H,17,19). The van der Waals surface area contributed by atoms with Crippen LogP contribution in [0.3, 0.4) is 0 Å². The second-order valence-corrected chi connectivity index (χ2v) is 6.70. The van der Waals surface area contributed by atoms with E-state index in [1.807, 2.05) is 32.1 Å². The van der Waals surface area contributed by atoms with Crippen molar-refractivity contribution in [1.82, 2.24) is 5.43 Å². The average Bonchev–Trinajstić information content (AvgIpc) is 2.47. The van der Waals surface area contributed by atoms with Gasteiger partial charge in [0.15, 0.2) is 4.90 Å². The van der Waals surface area contributed by atoms with E-state index in [9.17, 15) is 9.35 Å². The lowest BCUT2D eigenvalue weighted by atomic mass is 9.93. The van der Waals surface area contributed by atoms with Gasteiger partial charge in [-0.05, 0) is 41.9 Å². The molecule has 0 fully saturated rings. The van der Waals surface area contributed by atoms with Crippen molar-refractivity contribution in [2.45, 2.75) is 25.2 Å². The molecule has 0 radical (unpaired) electrons. The number of rotatable bonds is 4. The van der Waals surface area contributed by atoms with Crippen LogP contribution in [0.2, 0.25) is 0 Å². The summed E-state index contributed by atoms with van der Waals surface area (Å²) < 4.78 is 16.9. The summed E-state index contributed by atoms with van der Waals surface area (Å²) in [6.45, 7) is 3.94. The smallest absolute Gasteiger partial charge is 0.240 e. The van der Waals surface area contributed by atoms with Crippen LogP contribution in [0.4, 0.5) is 0 Å². The van der Waals surface area contributed by atoms with Crippen LogP contribution in [0.5, 0.6) is 5.75 Å². The van der Waals surface area contributed by atoms with Crippen molar-refractivity contribution in [2.24, 2.45) is 11.0 Å². The fourth-order valence-corrected chi connectivity index (χ4v) is 2.96. The molecule has 2 rings (SSSR count). The van der Waals surface area contributed by atoms with Crippen molar-refractivity contribution in [1.29, 1.82) is 0 Å². The van der Waals surface area contributed by atoms with Crippen molar-refractivity contribution < 1.29 is 14.1 Å². The second kappa shape index (κ2) is 6.98. The molecule has 0 saturated heterocycles.